The minimum Gasteiger partial charge on any atom is -0.293 e. The molecule has 1 aliphatic carbocycles. The molecule has 0 spiro atoms. The highest BCUT2D eigenvalue weighted by Crippen LogP contribution is 2.46. The van der Waals surface area contributed by atoms with E-state index in [2.05, 4.69) is 32.9 Å². The molecule has 2 nitrogen and oxygen atoms in total. The summed E-state index contributed by atoms with van der Waals surface area (Å²) in [5.41, 5.74) is 0.0584. The summed E-state index contributed by atoms with van der Waals surface area (Å²) in [5, 5.41) is 2.13. The molecule has 3 atom stereocenters. The third kappa shape index (κ3) is 2.85. The highest BCUT2D eigenvalue weighted by molar-refractivity contribution is 4.96. The van der Waals surface area contributed by atoms with Gasteiger partial charge < -0.3 is 0 Å². The predicted octanol–water partition coefficient (Wildman–Crippen LogP) is 4.01. The van der Waals surface area contributed by atoms with Crippen LogP contribution in [0.25, 0.3) is 0 Å². The highest BCUT2D eigenvalue weighted by Gasteiger charge is 2.49. The third-order valence-corrected chi connectivity index (χ3v) is 4.88. The number of hydrogen-bond donors (Lipinski definition) is 0. The molecule has 17 heavy (non-hydrogen) atoms. The van der Waals surface area contributed by atoms with Crippen molar-refractivity contribution in [3.8, 4) is 0 Å². The second-order valence-corrected chi connectivity index (χ2v) is 6.59. The Morgan fingerprint density at radius 1 is 1.24 bits per heavy atom. The van der Waals surface area contributed by atoms with Gasteiger partial charge in [0, 0.05) is 19.0 Å². The highest BCUT2D eigenvalue weighted by atomic mass is 16.7. The van der Waals surface area contributed by atoms with Crippen LogP contribution in [0.5, 0.6) is 0 Å². The Kier molecular flexibility index (Phi) is 4.14. The molecule has 2 fully saturated rings. The molecule has 2 heteroatoms. The fourth-order valence-corrected chi connectivity index (χ4v) is 3.88. The zero-order chi connectivity index (χ0) is 12.5. The second kappa shape index (κ2) is 5.27. The Hall–Kier alpha value is -0.0800. The number of fused-ring (bicyclic) bond motifs is 1. The summed E-state index contributed by atoms with van der Waals surface area (Å²) in [7, 11) is 2.11. The minimum atomic E-state index is 0.0584. The first-order valence-electron chi connectivity index (χ1n) is 7.46. The van der Waals surface area contributed by atoms with E-state index in [0.29, 0.717) is 6.04 Å². The zero-order valence-electron chi connectivity index (χ0n) is 12.0. The molecule has 0 amide bonds. The monoisotopic (exact) mass is 239 g/mol. The summed E-state index contributed by atoms with van der Waals surface area (Å²) >= 11 is 0. The first-order valence-corrected chi connectivity index (χ1v) is 7.46. The van der Waals surface area contributed by atoms with E-state index in [0.717, 1.165) is 11.8 Å². The van der Waals surface area contributed by atoms with Crippen LogP contribution >= 0.6 is 0 Å². The van der Waals surface area contributed by atoms with Gasteiger partial charge in [-0.1, -0.05) is 32.6 Å². The van der Waals surface area contributed by atoms with Gasteiger partial charge in [0.25, 0.3) is 0 Å². The number of hydrogen-bond acceptors (Lipinski definition) is 2. The van der Waals surface area contributed by atoms with Gasteiger partial charge in [0.05, 0.1) is 5.60 Å². The van der Waals surface area contributed by atoms with Crippen molar-refractivity contribution in [1.82, 2.24) is 5.06 Å². The van der Waals surface area contributed by atoms with Crippen LogP contribution in [0.3, 0.4) is 0 Å². The van der Waals surface area contributed by atoms with Gasteiger partial charge in [0.15, 0.2) is 0 Å². The van der Waals surface area contributed by atoms with E-state index in [1.165, 1.54) is 44.9 Å². The van der Waals surface area contributed by atoms with Gasteiger partial charge in [-0.05, 0) is 39.0 Å². The summed E-state index contributed by atoms with van der Waals surface area (Å²) in [5.74, 6) is 1.70. The quantitative estimate of drug-likeness (QED) is 0.687. The summed E-state index contributed by atoms with van der Waals surface area (Å²) in [6.07, 6.45) is 9.74. The van der Waals surface area contributed by atoms with Crippen molar-refractivity contribution in [2.24, 2.45) is 11.8 Å². The van der Waals surface area contributed by atoms with Gasteiger partial charge in [0.2, 0.25) is 0 Å². The maximum Gasteiger partial charge on any atom is 0.0887 e. The summed E-state index contributed by atoms with van der Waals surface area (Å²) in [4.78, 5) is 6.00. The van der Waals surface area contributed by atoms with Gasteiger partial charge in [0.1, 0.15) is 0 Å². The second-order valence-electron chi connectivity index (χ2n) is 6.59. The van der Waals surface area contributed by atoms with Crippen molar-refractivity contribution in [1.29, 1.82) is 0 Å². The Balaban J connectivity index is 1.89. The van der Waals surface area contributed by atoms with E-state index in [-0.39, 0.29) is 5.60 Å². The Bertz CT molecular complexity index is 251. The maximum absolute atomic E-state index is 6.00. The van der Waals surface area contributed by atoms with Crippen molar-refractivity contribution in [2.75, 3.05) is 7.05 Å². The van der Waals surface area contributed by atoms with E-state index < -0.39 is 0 Å². The fourth-order valence-electron chi connectivity index (χ4n) is 3.88. The largest absolute Gasteiger partial charge is 0.293 e. The lowest BCUT2D eigenvalue weighted by atomic mass is 9.71. The van der Waals surface area contributed by atoms with Gasteiger partial charge in [-0.15, -0.1) is 0 Å². The van der Waals surface area contributed by atoms with E-state index in [1.54, 1.807) is 0 Å². The number of hydroxylamine groups is 2. The molecule has 0 aromatic rings. The van der Waals surface area contributed by atoms with E-state index in [4.69, 9.17) is 4.84 Å². The van der Waals surface area contributed by atoms with Crippen molar-refractivity contribution >= 4 is 0 Å². The lowest BCUT2D eigenvalue weighted by Gasteiger charge is -2.35. The van der Waals surface area contributed by atoms with Crippen molar-refractivity contribution in [2.45, 2.75) is 77.4 Å². The standard InChI is InChI=1S/C15H29NO/c1-5-6-7-8-12-9-10-14-13(11-12)15(2,3)17-16(14)4/h12-14H,5-11H2,1-4H3/t12-,13-,14-/m1/s1. The van der Waals surface area contributed by atoms with Crippen LogP contribution in [0.15, 0.2) is 0 Å². The predicted molar refractivity (Wildman–Crippen MR) is 71.7 cm³/mol. The zero-order valence-corrected chi connectivity index (χ0v) is 12.0. The first-order chi connectivity index (χ1) is 8.04. The summed E-state index contributed by atoms with van der Waals surface area (Å²) in [6, 6.07) is 0.674. The summed E-state index contributed by atoms with van der Waals surface area (Å²) < 4.78 is 0. The van der Waals surface area contributed by atoms with Crippen LogP contribution in [0.1, 0.15) is 65.7 Å². The topological polar surface area (TPSA) is 12.5 Å². The molecule has 0 radical (unpaired) electrons. The van der Waals surface area contributed by atoms with Gasteiger partial charge in [-0.25, -0.2) is 0 Å². The Morgan fingerprint density at radius 2 is 2.00 bits per heavy atom. The number of rotatable bonds is 4. The van der Waals surface area contributed by atoms with Crippen molar-refractivity contribution in [3.05, 3.63) is 0 Å². The van der Waals surface area contributed by atoms with E-state index in [1.807, 2.05) is 0 Å². The van der Waals surface area contributed by atoms with Crippen molar-refractivity contribution in [3.63, 3.8) is 0 Å². The van der Waals surface area contributed by atoms with Crippen molar-refractivity contribution < 1.29 is 4.84 Å². The normalized spacial score (nSPS) is 37.1. The molecule has 100 valence electrons. The van der Waals surface area contributed by atoms with Crippen LogP contribution in [-0.4, -0.2) is 23.8 Å². The Labute approximate surface area is 107 Å². The average molecular weight is 239 g/mol. The first kappa shape index (κ1) is 13.4. The third-order valence-electron chi connectivity index (χ3n) is 4.88. The van der Waals surface area contributed by atoms with Crippen LogP contribution in [0, 0.1) is 11.8 Å². The smallest absolute Gasteiger partial charge is 0.0887 e. The van der Waals surface area contributed by atoms with Crippen LogP contribution in [-0.2, 0) is 4.84 Å². The lowest BCUT2D eigenvalue weighted by molar-refractivity contribution is -0.178. The molecule has 1 aliphatic heterocycles. The number of unbranched alkanes of at least 4 members (excludes halogenated alkanes) is 2. The van der Waals surface area contributed by atoms with Gasteiger partial charge >= 0.3 is 0 Å². The number of nitrogens with zero attached hydrogens (tertiary/aromatic N) is 1. The summed E-state index contributed by atoms with van der Waals surface area (Å²) in [6.45, 7) is 6.82. The molecule has 1 saturated carbocycles. The molecule has 0 bridgehead atoms. The van der Waals surface area contributed by atoms with Crippen LogP contribution in [0.4, 0.5) is 0 Å². The molecule has 0 N–H and O–H groups in total. The fraction of sp³-hybridized carbons (Fsp3) is 1.00. The molecule has 2 rings (SSSR count). The maximum atomic E-state index is 6.00. The molecule has 0 aromatic heterocycles. The van der Waals surface area contributed by atoms with E-state index >= 15 is 0 Å². The molecule has 0 unspecified atom stereocenters. The van der Waals surface area contributed by atoms with Gasteiger partial charge in [-0.2, -0.15) is 5.06 Å². The average Bonchev–Trinajstić information content (AvgIpc) is 2.50. The minimum absolute atomic E-state index is 0.0584. The lowest BCUT2D eigenvalue weighted by Crippen LogP contribution is -2.38. The molecule has 2 aliphatic rings. The SMILES string of the molecule is CCCCC[C@@H]1CC[C@@H]2[C@@H](C1)C(C)(C)ON2C. The molecular weight excluding hydrogens is 210 g/mol. The van der Waals surface area contributed by atoms with Crippen LogP contribution in [0.2, 0.25) is 0 Å². The van der Waals surface area contributed by atoms with Crippen LogP contribution < -0.4 is 0 Å². The molecule has 1 heterocycles. The Morgan fingerprint density at radius 3 is 2.71 bits per heavy atom. The van der Waals surface area contributed by atoms with Gasteiger partial charge in [-0.3, -0.25) is 4.84 Å². The van der Waals surface area contributed by atoms with E-state index in [9.17, 15) is 0 Å². The molecule has 1 saturated heterocycles. The molecule has 0 aromatic carbocycles. The molecular formula is C15H29NO.